The van der Waals surface area contributed by atoms with E-state index in [1.807, 2.05) is 0 Å². The van der Waals surface area contributed by atoms with Crippen molar-refractivity contribution in [1.29, 1.82) is 0 Å². The largest absolute Gasteiger partial charge is 0.0805 e. The highest BCUT2D eigenvalue weighted by Gasteiger charge is 2.30. The zero-order valence-corrected chi connectivity index (χ0v) is 27.5. The quantitative estimate of drug-likeness (QED) is 0.192. The predicted octanol–water partition coefficient (Wildman–Crippen LogP) is 12.7. The highest BCUT2D eigenvalue weighted by atomic mass is 14.4. The molecule has 2 aliphatic rings. The van der Waals surface area contributed by atoms with Crippen LogP contribution in [0.15, 0.2) is 118 Å². The number of hydrogen-bond acceptors (Lipinski definition) is 0. The van der Waals surface area contributed by atoms with Gasteiger partial charge in [-0.3, -0.25) is 0 Å². The van der Waals surface area contributed by atoms with E-state index < -0.39 is 0 Å². The molecule has 0 aromatic heterocycles. The van der Waals surface area contributed by atoms with E-state index >= 15 is 0 Å². The number of allylic oxidation sites excluding steroid dienone is 20. The minimum Gasteiger partial charge on any atom is -0.0805 e. The van der Waals surface area contributed by atoms with Crippen LogP contribution < -0.4 is 0 Å². The predicted molar refractivity (Wildman–Crippen MR) is 181 cm³/mol. The Balaban J connectivity index is 1.86. The summed E-state index contributed by atoms with van der Waals surface area (Å²) in [4.78, 5) is 0. The van der Waals surface area contributed by atoms with E-state index in [0.29, 0.717) is 10.8 Å². The van der Waals surface area contributed by atoms with E-state index in [-0.39, 0.29) is 0 Å². The minimum atomic E-state index is 0.293. The summed E-state index contributed by atoms with van der Waals surface area (Å²) in [5.74, 6) is 0.723. The van der Waals surface area contributed by atoms with Crippen molar-refractivity contribution in [3.63, 3.8) is 0 Å². The van der Waals surface area contributed by atoms with Crippen molar-refractivity contribution in [2.45, 2.75) is 114 Å². The van der Waals surface area contributed by atoms with E-state index in [1.165, 1.54) is 66.4 Å². The van der Waals surface area contributed by atoms with E-state index in [0.717, 1.165) is 12.3 Å². The summed E-state index contributed by atoms with van der Waals surface area (Å²) in [5, 5.41) is 0. The van der Waals surface area contributed by atoms with Gasteiger partial charge in [0.2, 0.25) is 0 Å². The van der Waals surface area contributed by atoms with Crippen LogP contribution in [0.5, 0.6) is 0 Å². The Morgan fingerprint density at radius 2 is 1.27 bits per heavy atom. The first-order chi connectivity index (χ1) is 18.8. The van der Waals surface area contributed by atoms with Crippen molar-refractivity contribution < 1.29 is 0 Å². The van der Waals surface area contributed by atoms with E-state index in [9.17, 15) is 0 Å². The SMILES string of the molecule is CC1=C(/C=C/C(C)=C/C=C/C(C)=C/C=C/C=C(C)/C=C/C=C(\C)C/C=C2\[C@@H](C)CCCC2(C)C)C(C)(C)CCC1. The van der Waals surface area contributed by atoms with Gasteiger partial charge in [0, 0.05) is 0 Å². The van der Waals surface area contributed by atoms with Crippen molar-refractivity contribution in [1.82, 2.24) is 0 Å². The zero-order valence-electron chi connectivity index (χ0n) is 27.5. The summed E-state index contributed by atoms with van der Waals surface area (Å²) in [7, 11) is 0. The van der Waals surface area contributed by atoms with Gasteiger partial charge in [-0.1, -0.05) is 153 Å². The van der Waals surface area contributed by atoms with E-state index in [1.54, 1.807) is 11.1 Å². The molecule has 0 spiro atoms. The lowest BCUT2D eigenvalue weighted by molar-refractivity contribution is 0.288. The third kappa shape index (κ3) is 11.5. The van der Waals surface area contributed by atoms with Crippen molar-refractivity contribution in [3.05, 3.63) is 118 Å². The van der Waals surface area contributed by atoms with Gasteiger partial charge in [0.25, 0.3) is 0 Å². The summed E-state index contributed by atoms with van der Waals surface area (Å²) in [5.41, 5.74) is 10.6. The second-order valence-corrected chi connectivity index (χ2v) is 13.7. The maximum Gasteiger partial charge on any atom is -0.0104 e. The molecule has 0 radical (unpaired) electrons. The molecule has 0 heterocycles. The molecule has 1 atom stereocenters. The lowest BCUT2D eigenvalue weighted by atomic mass is 9.68. The Hall–Kier alpha value is -2.60. The van der Waals surface area contributed by atoms with Gasteiger partial charge in [-0.05, 0) is 95.5 Å². The monoisotopic (exact) mass is 538 g/mol. The highest BCUT2D eigenvalue weighted by Crippen LogP contribution is 2.43. The first-order valence-corrected chi connectivity index (χ1v) is 15.6. The van der Waals surface area contributed by atoms with Crippen molar-refractivity contribution in [2.75, 3.05) is 0 Å². The van der Waals surface area contributed by atoms with Crippen LogP contribution in [0.1, 0.15) is 114 Å². The molecule has 0 N–H and O–H groups in total. The standard InChI is InChI=1S/C40H58/c1-31(19-13-21-33(3)25-27-37-35(5)23-15-29-39(37,7)8)17-11-12-18-32(2)20-14-22-34(4)26-28-38-36(6)24-16-30-40(38,9)10/h11-14,17-22,25,27-28,36H,15-16,23-24,26,29-30H2,1-10H3/b12-11+,19-13+,20-14+,27-25+,31-17+,32-18+,33-21+,34-22+,38-28+/t36-/m0/s1. The van der Waals surface area contributed by atoms with Gasteiger partial charge in [-0.15, -0.1) is 0 Å². The molecule has 0 heteroatoms. The Morgan fingerprint density at radius 3 is 1.88 bits per heavy atom. The van der Waals surface area contributed by atoms with Crippen LogP contribution in [0.2, 0.25) is 0 Å². The fraction of sp³-hybridized carbons (Fsp3) is 0.500. The number of hydrogen-bond donors (Lipinski definition) is 0. The maximum atomic E-state index is 2.50. The molecule has 218 valence electrons. The van der Waals surface area contributed by atoms with Crippen LogP contribution in [0.3, 0.4) is 0 Å². The zero-order chi connectivity index (χ0) is 29.8. The fourth-order valence-corrected chi connectivity index (χ4v) is 6.16. The van der Waals surface area contributed by atoms with Gasteiger partial charge in [0.15, 0.2) is 0 Å². The van der Waals surface area contributed by atoms with Gasteiger partial charge in [0.05, 0.1) is 0 Å². The second kappa shape index (κ2) is 16.0. The van der Waals surface area contributed by atoms with Crippen LogP contribution in [0.25, 0.3) is 0 Å². The summed E-state index contributed by atoms with van der Waals surface area (Å²) in [6, 6.07) is 0. The average molecular weight is 539 g/mol. The normalized spacial score (nSPS) is 24.6. The fourth-order valence-electron chi connectivity index (χ4n) is 6.16. The summed E-state index contributed by atoms with van der Waals surface area (Å²) in [6.45, 7) is 23.0. The van der Waals surface area contributed by atoms with Crippen molar-refractivity contribution in [3.8, 4) is 0 Å². The Bertz CT molecular complexity index is 1150. The van der Waals surface area contributed by atoms with Crippen LogP contribution in [-0.2, 0) is 0 Å². The Morgan fingerprint density at radius 1 is 0.725 bits per heavy atom. The van der Waals surface area contributed by atoms with Gasteiger partial charge in [-0.25, -0.2) is 0 Å². The molecule has 1 saturated carbocycles. The summed E-state index contributed by atoms with van der Waals surface area (Å²) >= 11 is 0. The minimum absolute atomic E-state index is 0.293. The molecular weight excluding hydrogens is 480 g/mol. The van der Waals surface area contributed by atoms with E-state index in [2.05, 4.69) is 148 Å². The molecule has 40 heavy (non-hydrogen) atoms. The van der Waals surface area contributed by atoms with Gasteiger partial charge >= 0.3 is 0 Å². The molecule has 2 aliphatic carbocycles. The first-order valence-electron chi connectivity index (χ1n) is 15.6. The molecule has 0 amide bonds. The maximum absolute atomic E-state index is 2.50. The summed E-state index contributed by atoms with van der Waals surface area (Å²) in [6.07, 6.45) is 37.7. The molecular formula is C40H58. The molecule has 0 aliphatic heterocycles. The van der Waals surface area contributed by atoms with Crippen molar-refractivity contribution in [2.24, 2.45) is 16.7 Å². The van der Waals surface area contributed by atoms with E-state index in [4.69, 9.17) is 0 Å². The Kier molecular flexibility index (Phi) is 13.4. The molecule has 0 aromatic rings. The molecule has 0 unspecified atom stereocenters. The molecule has 1 fully saturated rings. The molecule has 0 aromatic carbocycles. The molecule has 0 bridgehead atoms. The smallest absolute Gasteiger partial charge is 0.0104 e. The lowest BCUT2D eigenvalue weighted by Crippen LogP contribution is -2.24. The third-order valence-corrected chi connectivity index (χ3v) is 8.74. The van der Waals surface area contributed by atoms with Gasteiger partial charge < -0.3 is 0 Å². The summed E-state index contributed by atoms with van der Waals surface area (Å²) < 4.78 is 0. The molecule has 2 rings (SSSR count). The van der Waals surface area contributed by atoms with Gasteiger partial charge in [-0.2, -0.15) is 0 Å². The van der Waals surface area contributed by atoms with Gasteiger partial charge in [0.1, 0.15) is 0 Å². The highest BCUT2D eigenvalue weighted by molar-refractivity contribution is 5.37. The molecule has 0 saturated heterocycles. The van der Waals surface area contributed by atoms with Crippen LogP contribution in [-0.4, -0.2) is 0 Å². The Labute approximate surface area is 248 Å². The van der Waals surface area contributed by atoms with Crippen LogP contribution in [0.4, 0.5) is 0 Å². The topological polar surface area (TPSA) is 0 Å². The third-order valence-electron chi connectivity index (χ3n) is 8.74. The first kappa shape index (κ1) is 33.6. The number of rotatable bonds is 10. The molecule has 0 nitrogen and oxygen atoms in total. The average Bonchev–Trinajstić information content (AvgIpc) is 2.85. The van der Waals surface area contributed by atoms with Crippen LogP contribution >= 0.6 is 0 Å². The lowest BCUT2D eigenvalue weighted by Gasteiger charge is -2.37. The van der Waals surface area contributed by atoms with Crippen LogP contribution in [0, 0.1) is 16.7 Å². The second-order valence-electron chi connectivity index (χ2n) is 13.7. The van der Waals surface area contributed by atoms with Crippen molar-refractivity contribution >= 4 is 0 Å².